The van der Waals surface area contributed by atoms with Gasteiger partial charge in [-0.25, -0.2) is 4.79 Å². The zero-order valence-electron chi connectivity index (χ0n) is 17.4. The van der Waals surface area contributed by atoms with Crippen LogP contribution in [0.2, 0.25) is 0 Å². The number of carbonyl (C=O) groups is 3. The van der Waals surface area contributed by atoms with E-state index < -0.39 is 30.0 Å². The van der Waals surface area contributed by atoms with Gasteiger partial charge in [0.15, 0.2) is 5.96 Å². The van der Waals surface area contributed by atoms with Crippen LogP contribution in [0.15, 0.2) is 29.3 Å². The lowest BCUT2D eigenvalue weighted by atomic mass is 9.95. The minimum absolute atomic E-state index is 0.0602. The van der Waals surface area contributed by atoms with Crippen LogP contribution in [-0.2, 0) is 27.3 Å². The number of aliphatic carboxylic acids is 1. The fraction of sp³-hybridized carbons (Fsp3) is 0.524. The van der Waals surface area contributed by atoms with Crippen LogP contribution in [-0.4, -0.2) is 65.0 Å². The van der Waals surface area contributed by atoms with Gasteiger partial charge in [0.2, 0.25) is 11.8 Å². The van der Waals surface area contributed by atoms with E-state index in [1.165, 1.54) is 5.56 Å². The number of amides is 2. The quantitative estimate of drug-likeness (QED) is 0.207. The molecule has 0 unspecified atom stereocenters. The number of carboxylic acid groups (broad SMARTS) is 1. The zero-order valence-corrected chi connectivity index (χ0v) is 17.4. The molecule has 0 aliphatic carbocycles. The smallest absolute Gasteiger partial charge is 0.326 e. The fourth-order valence-corrected chi connectivity index (χ4v) is 4.16. The normalized spacial score (nSPS) is 21.1. The Bertz CT molecular complexity index is 854. The lowest BCUT2D eigenvalue weighted by molar-refractivity contribution is -0.144. The van der Waals surface area contributed by atoms with E-state index in [4.69, 9.17) is 11.5 Å². The number of nitrogens with one attached hydrogen (secondary N) is 2. The Morgan fingerprint density at radius 3 is 2.71 bits per heavy atom. The molecule has 0 aromatic heterocycles. The van der Waals surface area contributed by atoms with Crippen LogP contribution in [0.25, 0.3) is 0 Å². The third-order valence-corrected chi connectivity index (χ3v) is 5.78. The molecule has 2 heterocycles. The van der Waals surface area contributed by atoms with Crippen molar-refractivity contribution in [3.8, 4) is 0 Å². The molecule has 1 aromatic rings. The number of aliphatic imine (C=N–C) groups is 1. The molecular weight excluding hydrogens is 400 g/mol. The first-order valence-electron chi connectivity index (χ1n) is 10.6. The van der Waals surface area contributed by atoms with Gasteiger partial charge in [-0.05, 0) is 43.2 Å². The number of rotatable bonds is 8. The Morgan fingerprint density at radius 2 is 2.00 bits per heavy atom. The number of guanidine groups is 1. The van der Waals surface area contributed by atoms with Gasteiger partial charge in [-0.1, -0.05) is 24.3 Å². The molecule has 3 rings (SSSR count). The van der Waals surface area contributed by atoms with E-state index in [0.29, 0.717) is 38.8 Å². The summed E-state index contributed by atoms with van der Waals surface area (Å²) in [4.78, 5) is 43.0. The highest BCUT2D eigenvalue weighted by Gasteiger charge is 2.39. The van der Waals surface area contributed by atoms with Crippen molar-refractivity contribution in [2.45, 2.75) is 56.8 Å². The Balaban J connectivity index is 1.59. The second kappa shape index (κ2) is 10.3. The number of fused-ring (bicyclic) bond motifs is 1. The molecule has 7 N–H and O–H groups in total. The minimum Gasteiger partial charge on any atom is -0.480 e. The predicted molar refractivity (Wildman–Crippen MR) is 115 cm³/mol. The highest BCUT2D eigenvalue weighted by atomic mass is 16.4. The van der Waals surface area contributed by atoms with Gasteiger partial charge in [0, 0.05) is 19.6 Å². The van der Waals surface area contributed by atoms with Crippen molar-refractivity contribution in [3.63, 3.8) is 0 Å². The fourth-order valence-electron chi connectivity index (χ4n) is 4.16. The van der Waals surface area contributed by atoms with E-state index in [2.05, 4.69) is 15.6 Å². The first kappa shape index (κ1) is 22.5. The van der Waals surface area contributed by atoms with E-state index in [0.717, 1.165) is 5.56 Å². The second-order valence-electron chi connectivity index (χ2n) is 7.94. The van der Waals surface area contributed by atoms with Gasteiger partial charge < -0.3 is 32.1 Å². The number of likely N-dealkylation sites (tertiary alicyclic amines) is 1. The summed E-state index contributed by atoms with van der Waals surface area (Å²) in [5.74, 6) is -1.74. The van der Waals surface area contributed by atoms with Gasteiger partial charge in [-0.15, -0.1) is 0 Å². The average Bonchev–Trinajstić information content (AvgIpc) is 3.24. The Kier molecular flexibility index (Phi) is 7.45. The summed E-state index contributed by atoms with van der Waals surface area (Å²) in [5.41, 5.74) is 12.8. The summed E-state index contributed by atoms with van der Waals surface area (Å²) in [6, 6.07) is 5.87. The van der Waals surface area contributed by atoms with Gasteiger partial charge >= 0.3 is 5.97 Å². The molecule has 10 heteroatoms. The van der Waals surface area contributed by atoms with Crippen molar-refractivity contribution in [2.75, 3.05) is 13.1 Å². The van der Waals surface area contributed by atoms with Crippen molar-refractivity contribution in [3.05, 3.63) is 35.4 Å². The van der Waals surface area contributed by atoms with Crippen LogP contribution in [0, 0.1) is 0 Å². The van der Waals surface area contributed by atoms with Crippen molar-refractivity contribution < 1.29 is 19.5 Å². The maximum absolute atomic E-state index is 13.1. The average molecular weight is 431 g/mol. The standard InChI is InChI=1S/C21H30N6O4/c22-21(23)24-9-3-7-15(20(30)31)26-18(28)17-8-4-10-27(17)19(29)16-11-13-5-1-2-6-14(13)12-25-16/h1-2,5-6,15-17,25H,3-4,7-12H2,(H,26,28)(H,30,31)(H4,22,23,24)/t15-,16-,17-/m0/s1. The zero-order chi connectivity index (χ0) is 22.4. The van der Waals surface area contributed by atoms with E-state index in [-0.39, 0.29) is 24.8 Å². The first-order valence-corrected chi connectivity index (χ1v) is 10.6. The van der Waals surface area contributed by atoms with Gasteiger partial charge in [0.05, 0.1) is 6.04 Å². The van der Waals surface area contributed by atoms with Crippen molar-refractivity contribution >= 4 is 23.7 Å². The SMILES string of the molecule is NC(N)=NCCC[C@H](NC(=O)[C@@H]1CCCN1C(=O)[C@@H]1Cc2ccccc2CN1)C(=O)O. The highest BCUT2D eigenvalue weighted by Crippen LogP contribution is 2.23. The molecule has 168 valence electrons. The summed E-state index contributed by atoms with van der Waals surface area (Å²) < 4.78 is 0. The van der Waals surface area contributed by atoms with Crippen molar-refractivity contribution in [1.29, 1.82) is 0 Å². The number of nitrogens with zero attached hydrogens (tertiary/aromatic N) is 2. The van der Waals surface area contributed by atoms with Crippen molar-refractivity contribution in [2.24, 2.45) is 16.5 Å². The van der Waals surface area contributed by atoms with Crippen LogP contribution in [0.3, 0.4) is 0 Å². The summed E-state index contributed by atoms with van der Waals surface area (Å²) >= 11 is 0. The third-order valence-electron chi connectivity index (χ3n) is 5.78. The number of carbonyl (C=O) groups excluding carboxylic acids is 2. The van der Waals surface area contributed by atoms with E-state index in [1.54, 1.807) is 4.90 Å². The van der Waals surface area contributed by atoms with E-state index in [1.807, 2.05) is 24.3 Å². The number of nitrogens with two attached hydrogens (primary N) is 2. The van der Waals surface area contributed by atoms with Crippen LogP contribution in [0.5, 0.6) is 0 Å². The monoisotopic (exact) mass is 430 g/mol. The highest BCUT2D eigenvalue weighted by molar-refractivity contribution is 5.92. The second-order valence-corrected chi connectivity index (χ2v) is 7.94. The van der Waals surface area contributed by atoms with Crippen LogP contribution in [0.4, 0.5) is 0 Å². The third kappa shape index (κ3) is 5.72. The molecule has 1 saturated heterocycles. The first-order chi connectivity index (χ1) is 14.9. The number of carboxylic acids is 1. The van der Waals surface area contributed by atoms with Crippen LogP contribution in [0.1, 0.15) is 36.8 Å². The summed E-state index contributed by atoms with van der Waals surface area (Å²) in [6.07, 6.45) is 2.40. The maximum Gasteiger partial charge on any atom is 0.326 e. The van der Waals surface area contributed by atoms with Crippen molar-refractivity contribution in [1.82, 2.24) is 15.5 Å². The molecule has 2 aliphatic rings. The molecule has 1 aromatic carbocycles. The number of hydrogen-bond acceptors (Lipinski definition) is 5. The molecule has 0 radical (unpaired) electrons. The molecule has 2 amide bonds. The largest absolute Gasteiger partial charge is 0.480 e. The Morgan fingerprint density at radius 1 is 1.26 bits per heavy atom. The van der Waals surface area contributed by atoms with E-state index in [9.17, 15) is 19.5 Å². The lowest BCUT2D eigenvalue weighted by Crippen LogP contribution is -2.55. The predicted octanol–water partition coefficient (Wildman–Crippen LogP) is -0.685. The van der Waals surface area contributed by atoms with Gasteiger partial charge in [-0.3, -0.25) is 14.6 Å². The Hall–Kier alpha value is -3.14. The minimum atomic E-state index is -1.13. The van der Waals surface area contributed by atoms with Gasteiger partial charge in [0.1, 0.15) is 12.1 Å². The molecule has 2 aliphatic heterocycles. The van der Waals surface area contributed by atoms with Crippen LogP contribution < -0.4 is 22.1 Å². The van der Waals surface area contributed by atoms with Gasteiger partial charge in [-0.2, -0.15) is 0 Å². The summed E-state index contributed by atoms with van der Waals surface area (Å²) in [5, 5.41) is 15.3. The van der Waals surface area contributed by atoms with Crippen LogP contribution >= 0.6 is 0 Å². The van der Waals surface area contributed by atoms with E-state index >= 15 is 0 Å². The van der Waals surface area contributed by atoms with Gasteiger partial charge in [0.25, 0.3) is 0 Å². The molecule has 31 heavy (non-hydrogen) atoms. The Labute approximate surface area is 181 Å². The number of hydrogen-bond donors (Lipinski definition) is 5. The lowest BCUT2D eigenvalue weighted by Gasteiger charge is -2.32. The molecule has 0 bridgehead atoms. The summed E-state index contributed by atoms with van der Waals surface area (Å²) in [6.45, 7) is 1.37. The topological polar surface area (TPSA) is 163 Å². The maximum atomic E-state index is 13.1. The molecule has 1 fully saturated rings. The molecule has 3 atom stereocenters. The molecular formula is C21H30N6O4. The number of benzene rings is 1. The molecule has 0 saturated carbocycles. The molecule has 0 spiro atoms. The molecule has 10 nitrogen and oxygen atoms in total. The summed E-state index contributed by atoms with van der Waals surface area (Å²) in [7, 11) is 0.